The van der Waals surface area contributed by atoms with Crippen LogP contribution in [-0.2, 0) is 13.4 Å². The highest BCUT2D eigenvalue weighted by Gasteiger charge is 2.21. The minimum absolute atomic E-state index is 0.203. The van der Waals surface area contributed by atoms with E-state index in [1.54, 1.807) is 4.68 Å². The van der Waals surface area contributed by atoms with Crippen molar-refractivity contribution in [2.24, 2.45) is 12.9 Å². The van der Waals surface area contributed by atoms with E-state index in [1.165, 1.54) is 29.7 Å². The Balaban J connectivity index is 1.58. The number of halogens is 1. The number of rotatable bonds is 3. The molecule has 5 heteroatoms. The number of piperidine rings is 1. The first-order chi connectivity index (χ1) is 10.7. The van der Waals surface area contributed by atoms with Crippen LogP contribution in [0.5, 0.6) is 0 Å². The van der Waals surface area contributed by atoms with Gasteiger partial charge < -0.3 is 4.90 Å². The summed E-state index contributed by atoms with van der Waals surface area (Å²) < 4.78 is 9.90. The topological polar surface area (TPSA) is 34.0 Å². The molecule has 1 saturated heterocycles. The van der Waals surface area contributed by atoms with Crippen LogP contribution in [0.4, 0.5) is 5.69 Å². The summed E-state index contributed by atoms with van der Waals surface area (Å²) in [5.41, 5.74) is 3.79. The van der Waals surface area contributed by atoms with Gasteiger partial charge in [-0.2, -0.15) is 5.10 Å². The van der Waals surface area contributed by atoms with Crippen molar-refractivity contribution in [1.82, 2.24) is 14.8 Å². The van der Waals surface area contributed by atoms with Crippen molar-refractivity contribution in [3.8, 4) is 0 Å². The summed E-state index contributed by atoms with van der Waals surface area (Å²) in [4.78, 5) is 6.80. The molecule has 0 aromatic carbocycles. The minimum atomic E-state index is 0.203. The number of hydrogen-bond acceptors (Lipinski definition) is 3. The van der Waals surface area contributed by atoms with Crippen LogP contribution in [0.25, 0.3) is 0 Å². The fourth-order valence-corrected chi connectivity index (χ4v) is 3.51. The van der Waals surface area contributed by atoms with E-state index in [2.05, 4.69) is 43.9 Å². The van der Waals surface area contributed by atoms with Gasteiger partial charge >= 0.3 is 0 Å². The molecule has 3 heterocycles. The molecule has 0 unspecified atom stereocenters. The largest absolute Gasteiger partial charge is 0.370 e. The molecule has 0 bridgehead atoms. The Labute approximate surface area is 135 Å². The quantitative estimate of drug-likeness (QED) is 0.797. The van der Waals surface area contributed by atoms with Crippen LogP contribution >= 0.6 is 15.9 Å². The Kier molecular flexibility index (Phi) is 3.92. The lowest BCUT2D eigenvalue weighted by Crippen LogP contribution is -2.34. The van der Waals surface area contributed by atoms with Gasteiger partial charge in [0.05, 0.1) is 18.1 Å². The van der Waals surface area contributed by atoms with E-state index < -0.39 is 0 Å². The van der Waals surface area contributed by atoms with Crippen molar-refractivity contribution < 1.29 is 1.37 Å². The predicted octanol–water partition coefficient (Wildman–Crippen LogP) is 3.35. The molecule has 1 aliphatic rings. The van der Waals surface area contributed by atoms with Gasteiger partial charge in [-0.15, -0.1) is 0 Å². The summed E-state index contributed by atoms with van der Waals surface area (Å²) in [5, 5.41) is 4.19. The summed E-state index contributed by atoms with van der Waals surface area (Å²) in [5.74, 6) is 0.711. The number of anilines is 1. The molecule has 0 atom stereocenters. The van der Waals surface area contributed by atoms with Gasteiger partial charge in [0.2, 0.25) is 0 Å². The number of aryl methyl sites for hydroxylation is 2. The summed E-state index contributed by atoms with van der Waals surface area (Å²) >= 11 is 3.42. The van der Waals surface area contributed by atoms with E-state index in [-0.39, 0.29) is 7.02 Å². The van der Waals surface area contributed by atoms with Crippen LogP contribution < -0.4 is 4.90 Å². The van der Waals surface area contributed by atoms with Gasteiger partial charge in [0.25, 0.3) is 0 Å². The van der Waals surface area contributed by atoms with Crippen LogP contribution in [0.2, 0.25) is 0 Å². The molecule has 21 heavy (non-hydrogen) atoms. The average Bonchev–Trinajstić information content (AvgIpc) is 2.96. The van der Waals surface area contributed by atoms with Gasteiger partial charge in [0.1, 0.15) is 4.60 Å². The van der Waals surface area contributed by atoms with Crippen molar-refractivity contribution in [2.45, 2.75) is 26.2 Å². The first-order valence-corrected chi connectivity index (χ1v) is 8.12. The number of hydrogen-bond donors (Lipinski definition) is 0. The Bertz CT molecular complexity index is 635. The SMILES string of the molecule is [2H]Cn1cc(CC2CCN(c3cnc(Br)cc3C)CC2)cn1. The molecular formula is C16H21BrN4. The van der Waals surface area contributed by atoms with Gasteiger partial charge in [0.15, 0.2) is 0 Å². The van der Waals surface area contributed by atoms with Gasteiger partial charge in [-0.25, -0.2) is 4.98 Å². The highest BCUT2D eigenvalue weighted by molar-refractivity contribution is 9.10. The molecule has 0 N–H and O–H groups in total. The minimum Gasteiger partial charge on any atom is -0.370 e. The molecule has 1 aliphatic heterocycles. The molecule has 2 aromatic rings. The summed E-state index contributed by atoms with van der Waals surface area (Å²) in [6, 6.07) is 2.08. The Morgan fingerprint density at radius 2 is 2.19 bits per heavy atom. The van der Waals surface area contributed by atoms with E-state index in [0.29, 0.717) is 5.92 Å². The Hall–Kier alpha value is -1.36. The third-order valence-corrected chi connectivity index (χ3v) is 4.65. The molecule has 0 radical (unpaired) electrons. The average molecular weight is 350 g/mol. The van der Waals surface area contributed by atoms with Crippen molar-refractivity contribution in [3.05, 3.63) is 40.4 Å². The summed E-state index contributed by atoms with van der Waals surface area (Å²) in [6.45, 7) is 4.31. The molecule has 0 spiro atoms. The van der Waals surface area contributed by atoms with Crippen LogP contribution in [0, 0.1) is 12.8 Å². The molecular weight excluding hydrogens is 328 g/mol. The van der Waals surface area contributed by atoms with E-state index in [9.17, 15) is 0 Å². The fraction of sp³-hybridized carbons (Fsp3) is 0.500. The van der Waals surface area contributed by atoms with Gasteiger partial charge in [-0.1, -0.05) is 0 Å². The Morgan fingerprint density at radius 3 is 2.86 bits per heavy atom. The maximum Gasteiger partial charge on any atom is 0.106 e. The van der Waals surface area contributed by atoms with Crippen molar-refractivity contribution >= 4 is 21.6 Å². The van der Waals surface area contributed by atoms with Crippen LogP contribution in [0.3, 0.4) is 0 Å². The van der Waals surface area contributed by atoms with Crippen LogP contribution in [0.15, 0.2) is 29.3 Å². The maximum atomic E-state index is 7.32. The summed E-state index contributed by atoms with van der Waals surface area (Å²) in [7, 11) is 0.203. The second kappa shape index (κ2) is 6.18. The lowest BCUT2D eigenvalue weighted by Gasteiger charge is -2.34. The third-order valence-electron chi connectivity index (χ3n) is 4.22. The first kappa shape index (κ1) is 13.3. The molecule has 3 rings (SSSR count). The third kappa shape index (κ3) is 3.46. The van der Waals surface area contributed by atoms with Gasteiger partial charge in [-0.3, -0.25) is 4.68 Å². The molecule has 0 amide bonds. The highest BCUT2D eigenvalue weighted by Crippen LogP contribution is 2.28. The number of pyridine rings is 1. The maximum absolute atomic E-state index is 7.32. The second-order valence-corrected chi connectivity index (χ2v) is 6.63. The lowest BCUT2D eigenvalue weighted by atomic mass is 9.91. The molecule has 0 aliphatic carbocycles. The van der Waals surface area contributed by atoms with Gasteiger partial charge in [-0.05, 0) is 65.2 Å². The molecule has 2 aromatic heterocycles. The monoisotopic (exact) mass is 349 g/mol. The van der Waals surface area contributed by atoms with Crippen molar-refractivity contribution in [2.75, 3.05) is 18.0 Å². The zero-order valence-electron chi connectivity index (χ0n) is 13.3. The highest BCUT2D eigenvalue weighted by atomic mass is 79.9. The Morgan fingerprint density at radius 1 is 1.38 bits per heavy atom. The van der Waals surface area contributed by atoms with E-state index in [0.717, 1.165) is 24.1 Å². The fourth-order valence-electron chi connectivity index (χ4n) is 3.07. The number of nitrogens with zero attached hydrogens (tertiary/aromatic N) is 4. The van der Waals surface area contributed by atoms with Crippen LogP contribution in [-0.4, -0.2) is 27.9 Å². The van der Waals surface area contributed by atoms with Crippen LogP contribution in [0.1, 0.15) is 25.3 Å². The summed E-state index contributed by atoms with van der Waals surface area (Å²) in [6.07, 6.45) is 9.35. The molecule has 1 fully saturated rings. The second-order valence-electron chi connectivity index (χ2n) is 5.82. The smallest absolute Gasteiger partial charge is 0.106 e. The zero-order chi connectivity index (χ0) is 15.5. The number of aromatic nitrogens is 3. The van der Waals surface area contributed by atoms with Crippen molar-refractivity contribution in [3.63, 3.8) is 0 Å². The predicted molar refractivity (Wildman–Crippen MR) is 88.5 cm³/mol. The lowest BCUT2D eigenvalue weighted by molar-refractivity contribution is 0.403. The van der Waals surface area contributed by atoms with E-state index in [4.69, 9.17) is 1.37 Å². The van der Waals surface area contributed by atoms with Gasteiger partial charge in [0, 0.05) is 27.7 Å². The van der Waals surface area contributed by atoms with Crippen molar-refractivity contribution in [1.29, 1.82) is 0 Å². The normalized spacial score (nSPS) is 17.0. The molecule has 0 saturated carbocycles. The van der Waals surface area contributed by atoms with E-state index in [1.807, 2.05) is 18.6 Å². The molecule has 112 valence electrons. The van der Waals surface area contributed by atoms with E-state index >= 15 is 0 Å². The first-order valence-electron chi connectivity index (χ1n) is 8.04. The molecule has 4 nitrogen and oxygen atoms in total. The zero-order valence-corrected chi connectivity index (χ0v) is 13.9. The standard InChI is InChI=1S/C16H21BrN4/c1-12-7-16(17)18-10-15(12)21-5-3-13(4-6-21)8-14-9-19-20(2)11-14/h7,9-11,13H,3-6,8H2,1-2H3/i2D.